The van der Waals surface area contributed by atoms with E-state index in [2.05, 4.69) is 12.2 Å². The number of hydrogen-bond acceptors (Lipinski definition) is 7. The number of anilines is 1. The van der Waals surface area contributed by atoms with Gasteiger partial charge in [-0.2, -0.15) is 0 Å². The standard InChI is InChI=1S/C31H32ClN3O5S/c1-3-5-18-40-26-16-14-24(15-17-26)33-29(37)27-19-28(36)35(20-21-6-10-23(32)11-7-21)31(41-27)34-25-12-8-22(9-13-25)30(38)39-4-2/h6-17,27H,3-5,18-20H2,1-2H3,(H,33,37)/t27-/m0/s1. The van der Waals surface area contributed by atoms with Gasteiger partial charge in [-0.25, -0.2) is 9.79 Å². The molecule has 1 atom stereocenters. The molecule has 1 aliphatic heterocycles. The van der Waals surface area contributed by atoms with E-state index in [1.807, 2.05) is 24.3 Å². The Hall–Kier alpha value is -3.82. The lowest BCUT2D eigenvalue weighted by Gasteiger charge is -2.32. The normalized spacial score (nSPS) is 16.0. The lowest BCUT2D eigenvalue weighted by atomic mass is 10.2. The number of ether oxygens (including phenoxy) is 2. The zero-order valence-electron chi connectivity index (χ0n) is 23.0. The van der Waals surface area contributed by atoms with E-state index < -0.39 is 11.2 Å². The van der Waals surface area contributed by atoms with Crippen LogP contribution in [0.25, 0.3) is 0 Å². The largest absolute Gasteiger partial charge is 0.494 e. The lowest BCUT2D eigenvalue weighted by molar-refractivity contribution is -0.129. The van der Waals surface area contributed by atoms with Gasteiger partial charge in [-0.05, 0) is 79.6 Å². The number of carbonyl (C=O) groups is 3. The summed E-state index contributed by atoms with van der Waals surface area (Å²) in [5.41, 5.74) is 2.43. The van der Waals surface area contributed by atoms with E-state index in [1.54, 1.807) is 60.4 Å². The quantitative estimate of drug-likeness (QED) is 0.193. The minimum absolute atomic E-state index is 0.0170. The van der Waals surface area contributed by atoms with Gasteiger partial charge in [0.05, 0.1) is 31.0 Å². The summed E-state index contributed by atoms with van der Waals surface area (Å²) in [5.74, 6) is -0.199. The second kappa shape index (κ2) is 14.7. The smallest absolute Gasteiger partial charge is 0.338 e. The Morgan fingerprint density at radius 1 is 1.02 bits per heavy atom. The summed E-state index contributed by atoms with van der Waals surface area (Å²) in [4.78, 5) is 44.9. The first-order valence-electron chi connectivity index (χ1n) is 13.5. The summed E-state index contributed by atoms with van der Waals surface area (Å²) in [6.07, 6.45) is 2.04. The average molecular weight is 594 g/mol. The number of hydrogen-bond donors (Lipinski definition) is 1. The number of rotatable bonds is 11. The Bertz CT molecular complexity index is 1380. The fourth-order valence-corrected chi connectivity index (χ4v) is 5.18. The van der Waals surface area contributed by atoms with Crippen molar-refractivity contribution in [2.45, 2.75) is 44.9 Å². The SMILES string of the molecule is CCCCOc1ccc(NC(=O)[C@@H]2CC(=O)N(Cc3ccc(Cl)cc3)C(=Nc3ccc(C(=O)OCC)cc3)S2)cc1. The van der Waals surface area contributed by atoms with E-state index in [9.17, 15) is 14.4 Å². The molecule has 214 valence electrons. The lowest BCUT2D eigenvalue weighted by Crippen LogP contribution is -2.44. The molecule has 0 radical (unpaired) electrons. The molecule has 1 heterocycles. The molecule has 4 rings (SSSR count). The van der Waals surface area contributed by atoms with Gasteiger partial charge in [0, 0.05) is 17.1 Å². The first-order valence-corrected chi connectivity index (χ1v) is 14.7. The monoisotopic (exact) mass is 593 g/mol. The van der Waals surface area contributed by atoms with Crippen molar-refractivity contribution in [1.29, 1.82) is 0 Å². The van der Waals surface area contributed by atoms with Crippen LogP contribution in [0.4, 0.5) is 11.4 Å². The van der Waals surface area contributed by atoms with Crippen LogP contribution in [0.5, 0.6) is 5.75 Å². The summed E-state index contributed by atoms with van der Waals surface area (Å²) in [7, 11) is 0. The second-order valence-electron chi connectivity index (χ2n) is 9.29. The third-order valence-corrected chi connectivity index (χ3v) is 7.62. The van der Waals surface area contributed by atoms with Crippen molar-refractivity contribution in [3.05, 3.63) is 88.9 Å². The molecule has 1 N–H and O–H groups in total. The number of unbranched alkanes of at least 4 members (excludes halogenated alkanes) is 1. The molecule has 1 fully saturated rings. The van der Waals surface area contributed by atoms with Gasteiger partial charge in [0.25, 0.3) is 0 Å². The number of amidine groups is 1. The maximum Gasteiger partial charge on any atom is 0.338 e. The molecule has 0 saturated carbocycles. The summed E-state index contributed by atoms with van der Waals surface area (Å²) < 4.78 is 10.7. The van der Waals surface area contributed by atoms with Crippen molar-refractivity contribution < 1.29 is 23.9 Å². The third kappa shape index (κ3) is 8.58. The first-order chi connectivity index (χ1) is 19.9. The summed E-state index contributed by atoms with van der Waals surface area (Å²) in [6.45, 7) is 5.04. The Morgan fingerprint density at radius 2 is 1.73 bits per heavy atom. The molecule has 3 aromatic rings. The topological polar surface area (TPSA) is 97.3 Å². The van der Waals surface area contributed by atoms with E-state index in [0.717, 1.165) is 24.2 Å². The number of benzene rings is 3. The van der Waals surface area contributed by atoms with Crippen LogP contribution in [-0.2, 0) is 20.9 Å². The van der Waals surface area contributed by atoms with Gasteiger partial charge in [0.2, 0.25) is 11.8 Å². The Kier molecular flexibility index (Phi) is 10.8. The average Bonchev–Trinajstić information content (AvgIpc) is 2.97. The third-order valence-electron chi connectivity index (χ3n) is 6.18. The zero-order chi connectivity index (χ0) is 29.2. The molecular weight excluding hydrogens is 562 g/mol. The molecule has 0 bridgehead atoms. The van der Waals surface area contributed by atoms with Crippen molar-refractivity contribution >= 4 is 57.7 Å². The van der Waals surface area contributed by atoms with Crippen molar-refractivity contribution in [2.75, 3.05) is 18.5 Å². The van der Waals surface area contributed by atoms with E-state index in [-0.39, 0.29) is 31.4 Å². The summed E-state index contributed by atoms with van der Waals surface area (Å²) >= 11 is 7.26. The number of aliphatic imine (C=N–C) groups is 1. The van der Waals surface area contributed by atoms with Gasteiger partial charge in [0.1, 0.15) is 11.0 Å². The van der Waals surface area contributed by atoms with Crippen molar-refractivity contribution in [3.63, 3.8) is 0 Å². The molecule has 0 spiro atoms. The first kappa shape index (κ1) is 30.1. The molecule has 1 saturated heterocycles. The fraction of sp³-hybridized carbons (Fsp3) is 0.290. The maximum atomic E-state index is 13.4. The number of carbonyl (C=O) groups excluding carboxylic acids is 3. The van der Waals surface area contributed by atoms with E-state index in [1.165, 1.54) is 11.8 Å². The summed E-state index contributed by atoms with van der Waals surface area (Å²) in [5, 5.41) is 3.21. The predicted molar refractivity (Wildman–Crippen MR) is 163 cm³/mol. The van der Waals surface area contributed by atoms with Gasteiger partial charge in [-0.1, -0.05) is 48.8 Å². The highest BCUT2D eigenvalue weighted by molar-refractivity contribution is 8.15. The van der Waals surface area contributed by atoms with Gasteiger partial charge >= 0.3 is 5.97 Å². The van der Waals surface area contributed by atoms with Gasteiger partial charge in [0.15, 0.2) is 5.17 Å². The highest BCUT2D eigenvalue weighted by Gasteiger charge is 2.36. The minimum atomic E-state index is -0.679. The molecule has 1 aliphatic rings. The van der Waals surface area contributed by atoms with Crippen LogP contribution in [-0.4, -0.2) is 46.3 Å². The number of nitrogens with one attached hydrogen (secondary N) is 1. The van der Waals surface area contributed by atoms with Crippen LogP contribution in [0.2, 0.25) is 5.02 Å². The number of thioether (sulfide) groups is 1. The zero-order valence-corrected chi connectivity index (χ0v) is 24.5. The molecule has 0 unspecified atom stereocenters. The van der Waals surface area contributed by atoms with Gasteiger partial charge < -0.3 is 14.8 Å². The number of halogens is 1. The maximum absolute atomic E-state index is 13.4. The number of nitrogens with zero attached hydrogens (tertiary/aromatic N) is 2. The van der Waals surface area contributed by atoms with Gasteiger partial charge in [-0.15, -0.1) is 0 Å². The molecule has 3 aromatic carbocycles. The Balaban J connectivity index is 1.52. The van der Waals surface area contributed by atoms with Crippen LogP contribution in [0.3, 0.4) is 0 Å². The van der Waals surface area contributed by atoms with E-state index >= 15 is 0 Å². The van der Waals surface area contributed by atoms with Crippen LogP contribution in [0.15, 0.2) is 77.8 Å². The minimum Gasteiger partial charge on any atom is -0.494 e. The molecule has 0 aliphatic carbocycles. The number of esters is 1. The summed E-state index contributed by atoms with van der Waals surface area (Å²) in [6, 6.07) is 21.0. The van der Waals surface area contributed by atoms with Crippen LogP contribution in [0, 0.1) is 0 Å². The molecule has 41 heavy (non-hydrogen) atoms. The fourth-order valence-electron chi connectivity index (χ4n) is 3.96. The molecule has 8 nitrogen and oxygen atoms in total. The van der Waals surface area contributed by atoms with E-state index in [0.29, 0.717) is 33.7 Å². The van der Waals surface area contributed by atoms with E-state index in [4.69, 9.17) is 26.1 Å². The van der Waals surface area contributed by atoms with Crippen LogP contribution >= 0.6 is 23.4 Å². The van der Waals surface area contributed by atoms with Crippen LogP contribution < -0.4 is 10.1 Å². The second-order valence-corrected chi connectivity index (χ2v) is 10.9. The van der Waals surface area contributed by atoms with Crippen molar-refractivity contribution in [1.82, 2.24) is 4.90 Å². The molecule has 10 heteroatoms. The van der Waals surface area contributed by atoms with Crippen molar-refractivity contribution in [2.24, 2.45) is 4.99 Å². The molecular formula is C31H32ClN3O5S. The highest BCUT2D eigenvalue weighted by atomic mass is 35.5. The van der Waals surface area contributed by atoms with Crippen molar-refractivity contribution in [3.8, 4) is 5.75 Å². The molecule has 2 amide bonds. The molecule has 0 aromatic heterocycles. The highest BCUT2D eigenvalue weighted by Crippen LogP contribution is 2.31. The Morgan fingerprint density at radius 3 is 2.39 bits per heavy atom. The van der Waals surface area contributed by atoms with Crippen LogP contribution in [0.1, 0.15) is 49.0 Å². The number of amides is 2. The predicted octanol–water partition coefficient (Wildman–Crippen LogP) is 6.86. The Labute approximate surface area is 249 Å². The van der Waals surface area contributed by atoms with Gasteiger partial charge in [-0.3, -0.25) is 14.5 Å².